The van der Waals surface area contributed by atoms with Crippen LogP contribution in [0.4, 0.5) is 4.79 Å². The molecular formula is C14H26N2O4. The van der Waals surface area contributed by atoms with Gasteiger partial charge in [0.1, 0.15) is 5.54 Å². The number of carbonyl (C=O) groups excluding carboxylic acids is 1. The third kappa shape index (κ3) is 4.37. The van der Waals surface area contributed by atoms with Crippen LogP contribution < -0.4 is 5.32 Å². The van der Waals surface area contributed by atoms with Gasteiger partial charge in [0.05, 0.1) is 6.61 Å². The summed E-state index contributed by atoms with van der Waals surface area (Å²) in [4.78, 5) is 25.1. The Hall–Kier alpha value is -1.30. The molecule has 6 nitrogen and oxygen atoms in total. The molecule has 0 saturated heterocycles. The van der Waals surface area contributed by atoms with Crippen LogP contribution in [0.1, 0.15) is 39.5 Å². The maximum absolute atomic E-state index is 12.1. The quantitative estimate of drug-likeness (QED) is 0.728. The summed E-state index contributed by atoms with van der Waals surface area (Å²) in [5.41, 5.74) is -1.11. The van der Waals surface area contributed by atoms with Crippen LogP contribution in [-0.2, 0) is 9.53 Å². The van der Waals surface area contributed by atoms with E-state index < -0.39 is 11.5 Å². The molecule has 1 aliphatic rings. The van der Waals surface area contributed by atoms with Crippen molar-refractivity contribution in [2.45, 2.75) is 45.1 Å². The lowest BCUT2D eigenvalue weighted by atomic mass is 9.77. The van der Waals surface area contributed by atoms with Crippen molar-refractivity contribution < 1.29 is 19.4 Å². The molecule has 0 aromatic carbocycles. The van der Waals surface area contributed by atoms with Gasteiger partial charge in [0.2, 0.25) is 0 Å². The summed E-state index contributed by atoms with van der Waals surface area (Å²) in [5.74, 6) is -0.411. The maximum Gasteiger partial charge on any atom is 0.329 e. The molecule has 0 aromatic rings. The van der Waals surface area contributed by atoms with Gasteiger partial charge in [-0.3, -0.25) is 0 Å². The highest BCUT2D eigenvalue weighted by Crippen LogP contribution is 2.32. The number of hydrogen-bond acceptors (Lipinski definition) is 3. The minimum Gasteiger partial charge on any atom is -0.480 e. The van der Waals surface area contributed by atoms with Gasteiger partial charge in [-0.15, -0.1) is 0 Å². The van der Waals surface area contributed by atoms with E-state index in [1.807, 2.05) is 6.92 Å². The lowest BCUT2D eigenvalue weighted by molar-refractivity contribution is -0.146. The van der Waals surface area contributed by atoms with E-state index in [2.05, 4.69) is 12.2 Å². The van der Waals surface area contributed by atoms with E-state index >= 15 is 0 Å². The van der Waals surface area contributed by atoms with Crippen LogP contribution in [0.25, 0.3) is 0 Å². The number of carbonyl (C=O) groups is 2. The number of urea groups is 1. The van der Waals surface area contributed by atoms with Crippen LogP contribution >= 0.6 is 0 Å². The van der Waals surface area contributed by atoms with E-state index in [1.54, 1.807) is 7.05 Å². The van der Waals surface area contributed by atoms with Crippen LogP contribution in [0.15, 0.2) is 0 Å². The van der Waals surface area contributed by atoms with E-state index in [9.17, 15) is 14.7 Å². The van der Waals surface area contributed by atoms with E-state index in [-0.39, 0.29) is 6.03 Å². The first-order chi connectivity index (χ1) is 9.41. The van der Waals surface area contributed by atoms with Gasteiger partial charge in [-0.1, -0.05) is 6.92 Å². The number of nitrogens with zero attached hydrogens (tertiary/aromatic N) is 1. The minimum atomic E-state index is -1.11. The molecule has 0 spiro atoms. The number of ether oxygens (including phenoxy) is 1. The Balaban J connectivity index is 2.57. The predicted molar refractivity (Wildman–Crippen MR) is 75.7 cm³/mol. The number of rotatable bonds is 6. The standard InChI is InChI=1S/C14H26N2O4/c1-4-20-10-9-16(3)13(19)15-14(12(17)18)7-5-11(2)6-8-14/h11H,4-10H2,1-3H3,(H,15,19)(H,17,18). The molecule has 0 aliphatic heterocycles. The van der Waals surface area contributed by atoms with E-state index in [0.717, 1.165) is 12.8 Å². The van der Waals surface area contributed by atoms with Crippen LogP contribution in [0.5, 0.6) is 0 Å². The number of amides is 2. The zero-order valence-corrected chi connectivity index (χ0v) is 12.6. The largest absolute Gasteiger partial charge is 0.480 e. The van der Waals surface area contributed by atoms with Crippen LogP contribution in [0.2, 0.25) is 0 Å². The lowest BCUT2D eigenvalue weighted by Gasteiger charge is -2.37. The van der Waals surface area contributed by atoms with Gasteiger partial charge >= 0.3 is 12.0 Å². The predicted octanol–water partition coefficient (Wildman–Crippen LogP) is 1.70. The van der Waals surface area contributed by atoms with E-state index in [1.165, 1.54) is 4.90 Å². The molecule has 0 unspecified atom stereocenters. The molecule has 6 heteroatoms. The average Bonchev–Trinajstić information content (AvgIpc) is 2.41. The summed E-state index contributed by atoms with van der Waals surface area (Å²) in [6, 6.07) is -0.346. The number of likely N-dealkylation sites (N-methyl/N-ethyl adjacent to an activating group) is 1. The summed E-state index contributed by atoms with van der Waals surface area (Å²) in [5, 5.41) is 12.2. The van der Waals surface area contributed by atoms with Gasteiger partial charge < -0.3 is 20.1 Å². The summed E-state index contributed by atoms with van der Waals surface area (Å²) in [7, 11) is 1.65. The normalized spacial score (nSPS) is 26.1. The third-order valence-electron chi connectivity index (χ3n) is 4.01. The molecular weight excluding hydrogens is 260 g/mol. The molecule has 116 valence electrons. The second-order valence-corrected chi connectivity index (χ2v) is 5.62. The summed E-state index contributed by atoms with van der Waals surface area (Å²) in [6.45, 7) is 5.51. The Morgan fingerprint density at radius 3 is 2.50 bits per heavy atom. The van der Waals surface area contributed by atoms with Crippen LogP contribution in [-0.4, -0.2) is 54.4 Å². The average molecular weight is 286 g/mol. The fourth-order valence-corrected chi connectivity index (χ4v) is 2.39. The van der Waals surface area contributed by atoms with Crippen molar-refractivity contribution in [3.05, 3.63) is 0 Å². The lowest BCUT2D eigenvalue weighted by Crippen LogP contribution is -2.59. The molecule has 0 atom stereocenters. The van der Waals surface area contributed by atoms with E-state index in [4.69, 9.17) is 4.74 Å². The van der Waals surface area contributed by atoms with Crippen molar-refractivity contribution in [2.24, 2.45) is 5.92 Å². The number of carboxylic acids is 1. The maximum atomic E-state index is 12.1. The number of nitrogens with one attached hydrogen (secondary N) is 1. The Labute approximate surface area is 120 Å². The molecule has 0 bridgehead atoms. The fourth-order valence-electron chi connectivity index (χ4n) is 2.39. The number of aliphatic carboxylic acids is 1. The summed E-state index contributed by atoms with van der Waals surface area (Å²) >= 11 is 0. The molecule has 0 radical (unpaired) electrons. The molecule has 1 saturated carbocycles. The molecule has 0 aromatic heterocycles. The topological polar surface area (TPSA) is 78.9 Å². The fraction of sp³-hybridized carbons (Fsp3) is 0.857. The zero-order valence-electron chi connectivity index (χ0n) is 12.6. The van der Waals surface area contributed by atoms with Crippen LogP contribution in [0.3, 0.4) is 0 Å². The van der Waals surface area contributed by atoms with Crippen LogP contribution in [0, 0.1) is 5.92 Å². The van der Waals surface area contributed by atoms with Crippen molar-refractivity contribution in [1.82, 2.24) is 10.2 Å². The first-order valence-corrected chi connectivity index (χ1v) is 7.25. The first-order valence-electron chi connectivity index (χ1n) is 7.25. The first kappa shape index (κ1) is 16.8. The van der Waals surface area contributed by atoms with Gasteiger partial charge in [-0.05, 0) is 38.5 Å². The highest BCUT2D eigenvalue weighted by Gasteiger charge is 2.42. The minimum absolute atomic E-state index is 0.346. The Morgan fingerprint density at radius 2 is 2.00 bits per heavy atom. The SMILES string of the molecule is CCOCCN(C)C(=O)NC1(C(=O)O)CCC(C)CC1. The summed E-state index contributed by atoms with van der Waals surface area (Å²) < 4.78 is 5.19. The Bertz CT molecular complexity index is 338. The molecule has 2 amide bonds. The van der Waals surface area contributed by atoms with Crippen molar-refractivity contribution in [2.75, 3.05) is 26.8 Å². The Morgan fingerprint density at radius 1 is 1.40 bits per heavy atom. The number of carboxylic acid groups (broad SMARTS) is 1. The van der Waals surface area contributed by atoms with Gasteiger partial charge in [-0.25, -0.2) is 9.59 Å². The third-order valence-corrected chi connectivity index (χ3v) is 4.01. The number of hydrogen-bond donors (Lipinski definition) is 2. The molecule has 1 rings (SSSR count). The summed E-state index contributed by atoms with van der Waals surface area (Å²) in [6.07, 6.45) is 2.65. The van der Waals surface area contributed by atoms with Crippen molar-refractivity contribution >= 4 is 12.0 Å². The van der Waals surface area contributed by atoms with Gasteiger partial charge in [-0.2, -0.15) is 0 Å². The highest BCUT2D eigenvalue weighted by atomic mass is 16.5. The monoisotopic (exact) mass is 286 g/mol. The van der Waals surface area contributed by atoms with Gasteiger partial charge in [0.15, 0.2) is 0 Å². The second kappa shape index (κ2) is 7.47. The van der Waals surface area contributed by atoms with Gasteiger partial charge in [0, 0.05) is 20.2 Å². The molecule has 20 heavy (non-hydrogen) atoms. The van der Waals surface area contributed by atoms with Gasteiger partial charge in [0.25, 0.3) is 0 Å². The van der Waals surface area contributed by atoms with E-state index in [0.29, 0.717) is 38.5 Å². The molecule has 2 N–H and O–H groups in total. The second-order valence-electron chi connectivity index (χ2n) is 5.62. The molecule has 0 heterocycles. The highest BCUT2D eigenvalue weighted by molar-refractivity contribution is 5.86. The Kier molecular flexibility index (Phi) is 6.26. The van der Waals surface area contributed by atoms with Crippen molar-refractivity contribution in [3.63, 3.8) is 0 Å². The molecule has 1 fully saturated rings. The molecule has 1 aliphatic carbocycles. The smallest absolute Gasteiger partial charge is 0.329 e. The van der Waals surface area contributed by atoms with Crippen molar-refractivity contribution in [3.8, 4) is 0 Å². The van der Waals surface area contributed by atoms with Crippen molar-refractivity contribution in [1.29, 1.82) is 0 Å². The zero-order chi connectivity index (χ0) is 15.2.